The zero-order chi connectivity index (χ0) is 28.9. The van der Waals surface area contributed by atoms with E-state index >= 15 is 0 Å². The first-order valence-electron chi connectivity index (χ1n) is 13.5. The van der Waals surface area contributed by atoms with Gasteiger partial charge >= 0.3 is 6.03 Å². The zero-order valence-corrected chi connectivity index (χ0v) is 24.1. The number of fused-ring (bicyclic) bond motifs is 1. The number of nitrogens with one attached hydrogen (secondary N) is 3. The van der Waals surface area contributed by atoms with Crippen molar-refractivity contribution in [1.29, 1.82) is 0 Å². The van der Waals surface area contributed by atoms with Crippen molar-refractivity contribution in [2.75, 3.05) is 36.6 Å². The van der Waals surface area contributed by atoms with Gasteiger partial charge in [0.2, 0.25) is 5.95 Å². The molecule has 0 unspecified atom stereocenters. The first kappa shape index (κ1) is 27.1. The van der Waals surface area contributed by atoms with Gasteiger partial charge in [-0.2, -0.15) is 11.3 Å². The van der Waals surface area contributed by atoms with Gasteiger partial charge < -0.3 is 20.9 Å². The number of aromatic nitrogens is 4. The van der Waals surface area contributed by atoms with Crippen molar-refractivity contribution >= 4 is 46.0 Å². The summed E-state index contributed by atoms with van der Waals surface area (Å²) in [5.74, 6) is 0.495. The number of nitrogens with zero attached hydrogens (tertiary/aromatic N) is 5. The molecule has 210 valence electrons. The van der Waals surface area contributed by atoms with Crippen molar-refractivity contribution in [3.8, 4) is 22.6 Å². The Bertz CT molecular complexity index is 1830. The molecule has 0 saturated heterocycles. The van der Waals surface area contributed by atoms with E-state index < -0.39 is 0 Å². The van der Waals surface area contributed by atoms with Gasteiger partial charge in [0.05, 0.1) is 22.8 Å². The van der Waals surface area contributed by atoms with Crippen molar-refractivity contribution < 1.29 is 4.79 Å². The minimum absolute atomic E-state index is 0.307. The number of imidazole rings is 1. The lowest BCUT2D eigenvalue weighted by molar-refractivity contribution is 0.262. The highest BCUT2D eigenvalue weighted by atomic mass is 32.1. The predicted molar refractivity (Wildman–Crippen MR) is 171 cm³/mol. The summed E-state index contributed by atoms with van der Waals surface area (Å²) in [7, 11) is 4.15. The third-order valence-electron chi connectivity index (χ3n) is 6.63. The van der Waals surface area contributed by atoms with Gasteiger partial charge in [0, 0.05) is 41.3 Å². The Morgan fingerprint density at radius 2 is 1.76 bits per heavy atom. The number of hydrogen-bond donors (Lipinski definition) is 3. The summed E-state index contributed by atoms with van der Waals surface area (Å²) in [6.07, 6.45) is 4.68. The van der Waals surface area contributed by atoms with Gasteiger partial charge in [0.25, 0.3) is 0 Å². The van der Waals surface area contributed by atoms with Gasteiger partial charge in [0.1, 0.15) is 5.65 Å². The maximum absolute atomic E-state index is 12.6. The standard InChI is InChI=1S/C32H30N8OS/c1-39(2)17-13-22-7-5-9-24(19-22)34-31-33-15-12-27(37-31)30-29(38-28-11-3-4-16-40(28)30)23-8-6-10-25(20-23)35-32(41)36-26-14-18-42-21-26/h3-12,14-16,18-21H,13,17H2,1-2H3,(H,33,34,37)(H2,35,36,41). The summed E-state index contributed by atoms with van der Waals surface area (Å²) in [6, 6.07) is 25.3. The van der Waals surface area contributed by atoms with Crippen molar-refractivity contribution in [2.24, 2.45) is 0 Å². The Morgan fingerprint density at radius 1 is 0.905 bits per heavy atom. The number of pyridine rings is 1. The molecule has 10 heteroatoms. The van der Waals surface area contributed by atoms with E-state index in [4.69, 9.17) is 9.97 Å². The monoisotopic (exact) mass is 574 g/mol. The minimum Gasteiger partial charge on any atom is -0.324 e. The van der Waals surface area contributed by atoms with Crippen LogP contribution < -0.4 is 16.0 Å². The number of thiophene rings is 1. The number of rotatable bonds is 9. The Labute approximate surface area is 247 Å². The SMILES string of the molecule is CN(C)CCc1cccc(Nc2nccc(-c3c(-c4cccc(NC(=O)Nc5ccsc5)c4)nc4ccccn34)n2)c1. The van der Waals surface area contributed by atoms with E-state index in [0.29, 0.717) is 11.6 Å². The van der Waals surface area contributed by atoms with E-state index in [1.165, 1.54) is 16.9 Å². The van der Waals surface area contributed by atoms with Crippen LogP contribution in [0.5, 0.6) is 0 Å². The van der Waals surface area contributed by atoms with Gasteiger partial charge in [-0.1, -0.05) is 30.3 Å². The molecule has 6 rings (SSSR count). The number of carbonyl (C=O) groups excluding carboxylic acids is 1. The molecule has 2 amide bonds. The van der Waals surface area contributed by atoms with Crippen LogP contribution in [0.1, 0.15) is 5.56 Å². The number of anilines is 4. The number of likely N-dealkylation sites (N-methyl/N-ethyl adjacent to an activating group) is 1. The summed E-state index contributed by atoms with van der Waals surface area (Å²) in [4.78, 5) is 29.1. The highest BCUT2D eigenvalue weighted by molar-refractivity contribution is 7.08. The lowest BCUT2D eigenvalue weighted by Gasteiger charge is -2.12. The molecule has 4 heterocycles. The molecule has 0 fully saturated rings. The molecule has 0 aliphatic heterocycles. The van der Waals surface area contributed by atoms with Crippen LogP contribution in [0, 0.1) is 0 Å². The normalized spacial score (nSPS) is 11.1. The third kappa shape index (κ3) is 6.30. The van der Waals surface area contributed by atoms with E-state index in [1.54, 1.807) is 6.20 Å². The first-order chi connectivity index (χ1) is 20.5. The minimum atomic E-state index is -0.307. The van der Waals surface area contributed by atoms with Gasteiger partial charge in [-0.05, 0) is 80.0 Å². The molecule has 2 aromatic carbocycles. The van der Waals surface area contributed by atoms with E-state index in [0.717, 1.165) is 52.6 Å². The molecule has 0 aliphatic rings. The van der Waals surface area contributed by atoms with E-state index in [-0.39, 0.29) is 6.03 Å². The molecule has 42 heavy (non-hydrogen) atoms. The maximum atomic E-state index is 12.6. The molecular formula is C32H30N8OS. The molecule has 0 bridgehead atoms. The van der Waals surface area contributed by atoms with Gasteiger partial charge in [0.15, 0.2) is 0 Å². The Kier molecular flexibility index (Phi) is 7.89. The van der Waals surface area contributed by atoms with Gasteiger partial charge in [-0.25, -0.2) is 19.7 Å². The molecule has 3 N–H and O–H groups in total. The fourth-order valence-electron chi connectivity index (χ4n) is 4.65. The van der Waals surface area contributed by atoms with Gasteiger partial charge in [-0.15, -0.1) is 0 Å². The molecule has 9 nitrogen and oxygen atoms in total. The highest BCUT2D eigenvalue weighted by Crippen LogP contribution is 2.33. The fraction of sp³-hybridized carbons (Fsp3) is 0.125. The Hall–Kier alpha value is -5.06. The quantitative estimate of drug-likeness (QED) is 0.172. The van der Waals surface area contributed by atoms with Crippen LogP contribution in [0.3, 0.4) is 0 Å². The van der Waals surface area contributed by atoms with Crippen LogP contribution in [0.4, 0.5) is 27.8 Å². The number of hydrogen-bond acceptors (Lipinski definition) is 7. The van der Waals surface area contributed by atoms with Crippen LogP contribution >= 0.6 is 11.3 Å². The second-order valence-corrected chi connectivity index (χ2v) is 10.8. The summed E-state index contributed by atoms with van der Waals surface area (Å²) < 4.78 is 2.02. The van der Waals surface area contributed by atoms with Crippen LogP contribution in [0.25, 0.3) is 28.3 Å². The maximum Gasteiger partial charge on any atom is 0.323 e. The Morgan fingerprint density at radius 3 is 2.62 bits per heavy atom. The van der Waals surface area contributed by atoms with E-state index in [1.807, 2.05) is 88.1 Å². The Balaban J connectivity index is 1.31. The second kappa shape index (κ2) is 12.2. The van der Waals surface area contributed by atoms with E-state index in [2.05, 4.69) is 52.1 Å². The summed E-state index contributed by atoms with van der Waals surface area (Å²) in [5, 5.41) is 12.9. The lowest BCUT2D eigenvalue weighted by atomic mass is 10.1. The number of benzene rings is 2. The zero-order valence-electron chi connectivity index (χ0n) is 23.3. The van der Waals surface area contributed by atoms with Crippen LogP contribution in [0.15, 0.2) is 102 Å². The molecule has 0 spiro atoms. The van der Waals surface area contributed by atoms with E-state index in [9.17, 15) is 4.79 Å². The van der Waals surface area contributed by atoms with Crippen molar-refractivity contribution in [3.05, 3.63) is 108 Å². The third-order valence-corrected chi connectivity index (χ3v) is 7.32. The predicted octanol–water partition coefficient (Wildman–Crippen LogP) is 7.01. The molecule has 0 saturated carbocycles. The smallest absolute Gasteiger partial charge is 0.323 e. The van der Waals surface area contributed by atoms with Crippen LogP contribution in [0.2, 0.25) is 0 Å². The average molecular weight is 575 g/mol. The second-order valence-electron chi connectivity index (χ2n) is 10.1. The number of amides is 2. The first-order valence-corrected chi connectivity index (χ1v) is 14.5. The largest absolute Gasteiger partial charge is 0.324 e. The number of urea groups is 1. The summed E-state index contributed by atoms with van der Waals surface area (Å²) in [5.41, 5.74) is 7.52. The molecular weight excluding hydrogens is 544 g/mol. The van der Waals surface area contributed by atoms with Crippen LogP contribution in [-0.2, 0) is 6.42 Å². The molecule has 0 atom stereocenters. The molecule has 0 aliphatic carbocycles. The molecule has 0 radical (unpaired) electrons. The lowest BCUT2D eigenvalue weighted by Crippen LogP contribution is -2.18. The van der Waals surface area contributed by atoms with Crippen molar-refractivity contribution in [3.63, 3.8) is 0 Å². The van der Waals surface area contributed by atoms with Crippen LogP contribution in [-0.4, -0.2) is 50.9 Å². The van der Waals surface area contributed by atoms with Crippen molar-refractivity contribution in [1.82, 2.24) is 24.3 Å². The molecule has 6 aromatic rings. The van der Waals surface area contributed by atoms with Crippen molar-refractivity contribution in [2.45, 2.75) is 6.42 Å². The highest BCUT2D eigenvalue weighted by Gasteiger charge is 2.18. The van der Waals surface area contributed by atoms with Gasteiger partial charge in [-0.3, -0.25) is 4.40 Å². The number of carbonyl (C=O) groups is 1. The summed E-state index contributed by atoms with van der Waals surface area (Å²) in [6.45, 7) is 0.975. The topological polar surface area (TPSA) is 99.5 Å². The average Bonchev–Trinajstić information content (AvgIpc) is 3.64. The fourth-order valence-corrected chi connectivity index (χ4v) is 5.24. The summed E-state index contributed by atoms with van der Waals surface area (Å²) >= 11 is 1.52. The molecule has 4 aromatic heterocycles.